The zero-order chi connectivity index (χ0) is 45.8. The summed E-state index contributed by atoms with van der Waals surface area (Å²) in [5.41, 5.74) is 7.72. The van der Waals surface area contributed by atoms with Gasteiger partial charge in [-0.2, -0.15) is 0 Å². The number of aromatic nitrogens is 6. The van der Waals surface area contributed by atoms with Crippen molar-refractivity contribution in [3.63, 3.8) is 0 Å². The Morgan fingerprint density at radius 1 is 0.569 bits per heavy atom. The number of amides is 2. The van der Waals surface area contributed by atoms with Crippen molar-refractivity contribution in [2.24, 2.45) is 9.98 Å². The van der Waals surface area contributed by atoms with Gasteiger partial charge in [0.25, 0.3) is 0 Å². The summed E-state index contributed by atoms with van der Waals surface area (Å²) in [4.78, 5) is 39.2. The number of nitrogens with one attached hydrogen (secondary N) is 2. The topological polar surface area (TPSA) is 172 Å². The number of benzene rings is 2. The Balaban J connectivity index is 0.742. The molecule has 19 heteroatoms. The second-order valence-electron chi connectivity index (χ2n) is 15.8. The molecule has 0 fully saturated rings. The predicted octanol–water partition coefficient (Wildman–Crippen LogP) is 7.68. The number of carbonyl (C=O) groups excluding carboxylic acids is 2. The summed E-state index contributed by atoms with van der Waals surface area (Å²) in [6, 6.07) is 14.1. The normalized spacial score (nSPS) is 15.3. The van der Waals surface area contributed by atoms with E-state index in [9.17, 15) is 9.59 Å². The Hall–Kier alpha value is -5.14. The predicted molar refractivity (Wildman–Crippen MR) is 254 cm³/mol. The Morgan fingerprint density at radius 2 is 0.938 bits per heavy atom. The minimum atomic E-state index is -0.553. The molecule has 6 aromatic rings. The molecule has 2 aliphatic rings. The first-order chi connectivity index (χ1) is 31.4. The van der Waals surface area contributed by atoms with Crippen molar-refractivity contribution in [3.8, 4) is 10.0 Å². The van der Waals surface area contributed by atoms with E-state index in [4.69, 9.17) is 47.4 Å². The van der Waals surface area contributed by atoms with E-state index in [1.165, 1.54) is 9.75 Å². The highest BCUT2D eigenvalue weighted by Gasteiger charge is 2.34. The Labute approximate surface area is 395 Å². The number of hydrogen-bond acceptors (Lipinski definition) is 13. The molecule has 0 saturated carbocycles. The molecule has 65 heavy (non-hydrogen) atoms. The number of carbonyl (C=O) groups is 2. The SMILES string of the molecule is Cc1sc2c(c1C)C(c1ccc(Cl)cc1)=NC(CC(=O)NCCOCCOCCOCCNC(=O)CC1N=C(c3ccc(Cl)cc3)c3c(sc(C)c3C)-n3c(C)nnc31)c1nnc(C)n1-2. The molecular formula is C46H50Cl2N10O5S2. The van der Waals surface area contributed by atoms with E-state index in [0.29, 0.717) is 74.4 Å². The number of halogens is 2. The van der Waals surface area contributed by atoms with Crippen LogP contribution in [0.15, 0.2) is 58.5 Å². The highest BCUT2D eigenvalue weighted by Crippen LogP contribution is 2.41. The molecule has 2 amide bonds. The maximum absolute atomic E-state index is 13.3. The zero-order valence-electron chi connectivity index (χ0n) is 37.0. The Kier molecular flexibility index (Phi) is 14.7. The van der Waals surface area contributed by atoms with Gasteiger partial charge in [0.2, 0.25) is 11.8 Å². The first-order valence-corrected chi connectivity index (χ1v) is 23.8. The number of hydrogen-bond donors (Lipinski definition) is 2. The van der Waals surface area contributed by atoms with Gasteiger partial charge >= 0.3 is 0 Å². The van der Waals surface area contributed by atoms with Crippen LogP contribution in [0.3, 0.4) is 0 Å². The maximum Gasteiger partial charge on any atom is 0.222 e. The van der Waals surface area contributed by atoms with Gasteiger partial charge in [0.15, 0.2) is 11.6 Å². The lowest BCUT2D eigenvalue weighted by atomic mass is 9.99. The molecule has 2 aliphatic heterocycles. The molecule has 2 N–H and O–H groups in total. The lowest BCUT2D eigenvalue weighted by molar-refractivity contribution is -0.122. The minimum absolute atomic E-state index is 0.0930. The lowest BCUT2D eigenvalue weighted by Crippen LogP contribution is -2.29. The van der Waals surface area contributed by atoms with Crippen LogP contribution >= 0.6 is 45.9 Å². The minimum Gasteiger partial charge on any atom is -0.377 e. The van der Waals surface area contributed by atoms with E-state index < -0.39 is 12.1 Å². The molecule has 0 radical (unpaired) electrons. The van der Waals surface area contributed by atoms with Gasteiger partial charge < -0.3 is 24.8 Å². The largest absolute Gasteiger partial charge is 0.377 e. The van der Waals surface area contributed by atoms with Gasteiger partial charge in [0.05, 0.1) is 63.9 Å². The number of nitrogens with zero attached hydrogens (tertiary/aromatic N) is 8. The van der Waals surface area contributed by atoms with Gasteiger partial charge in [0, 0.05) is 55.1 Å². The van der Waals surface area contributed by atoms with Crippen molar-refractivity contribution in [1.29, 1.82) is 0 Å². The van der Waals surface area contributed by atoms with Crippen LogP contribution in [0.25, 0.3) is 10.0 Å². The zero-order valence-corrected chi connectivity index (χ0v) is 40.2. The van der Waals surface area contributed by atoms with Crippen LogP contribution in [0.2, 0.25) is 10.0 Å². The summed E-state index contributed by atoms with van der Waals surface area (Å²) in [6.45, 7) is 15.0. The van der Waals surface area contributed by atoms with Crippen molar-refractivity contribution in [2.75, 3.05) is 52.7 Å². The standard InChI is InChI=1S/C46H50Cl2N10O5S2/c1-25-27(3)64-45-39(25)41(31-7-11-33(47)12-8-31)51-35(43-55-53-29(5)57(43)45)23-37(59)49-15-17-61-19-21-63-22-20-62-18-16-50-38(60)24-36-44-56-54-30(6)58(44)46-40(26(2)28(4)65-46)42(52-36)32-9-13-34(48)14-10-32/h7-14,35-36H,15-24H2,1-6H3,(H,49,59)(H,50,60). The molecule has 2 aromatic carbocycles. The average Bonchev–Trinajstić information content (AvgIpc) is 3.98. The lowest BCUT2D eigenvalue weighted by Gasteiger charge is -2.13. The highest BCUT2D eigenvalue weighted by molar-refractivity contribution is 7.15. The first-order valence-electron chi connectivity index (χ1n) is 21.4. The molecule has 2 atom stereocenters. The third kappa shape index (κ3) is 10.2. The molecule has 0 aliphatic carbocycles. The van der Waals surface area contributed by atoms with Crippen LogP contribution in [-0.2, 0) is 23.8 Å². The van der Waals surface area contributed by atoms with E-state index >= 15 is 0 Å². The quantitative estimate of drug-likeness (QED) is 0.0821. The van der Waals surface area contributed by atoms with Crippen LogP contribution in [0.1, 0.15) is 91.4 Å². The maximum atomic E-state index is 13.3. The van der Waals surface area contributed by atoms with E-state index in [1.54, 1.807) is 22.7 Å². The van der Waals surface area contributed by atoms with Crippen molar-refractivity contribution in [2.45, 2.75) is 66.5 Å². The number of ether oxygens (including phenoxy) is 3. The van der Waals surface area contributed by atoms with Crippen molar-refractivity contribution in [1.82, 2.24) is 40.2 Å². The molecule has 0 bridgehead atoms. The van der Waals surface area contributed by atoms with Crippen LogP contribution in [0.4, 0.5) is 0 Å². The van der Waals surface area contributed by atoms with Crippen LogP contribution in [0.5, 0.6) is 0 Å². The van der Waals surface area contributed by atoms with Gasteiger partial charge in [-0.1, -0.05) is 47.5 Å². The monoisotopic (exact) mass is 956 g/mol. The van der Waals surface area contributed by atoms with Crippen LogP contribution in [-0.4, -0.2) is 105 Å². The highest BCUT2D eigenvalue weighted by atomic mass is 35.5. The Bertz CT molecular complexity index is 2570. The molecule has 2 unspecified atom stereocenters. The van der Waals surface area contributed by atoms with E-state index in [1.807, 2.05) is 71.5 Å². The van der Waals surface area contributed by atoms with Crippen LogP contribution in [0, 0.1) is 41.5 Å². The van der Waals surface area contributed by atoms with E-state index in [0.717, 1.165) is 66.5 Å². The fraction of sp³-hybridized carbons (Fsp3) is 0.391. The molecular weight excluding hydrogens is 908 g/mol. The molecule has 0 saturated heterocycles. The summed E-state index contributed by atoms with van der Waals surface area (Å²) in [5, 5.41) is 26.9. The second kappa shape index (κ2) is 20.6. The average molecular weight is 958 g/mol. The van der Waals surface area contributed by atoms with E-state index in [2.05, 4.69) is 58.7 Å². The fourth-order valence-corrected chi connectivity index (χ4v) is 10.5. The number of thiophene rings is 2. The molecule has 8 rings (SSSR count). The summed E-state index contributed by atoms with van der Waals surface area (Å²) in [7, 11) is 0. The second-order valence-corrected chi connectivity index (χ2v) is 19.0. The Morgan fingerprint density at radius 3 is 1.32 bits per heavy atom. The van der Waals surface area contributed by atoms with Crippen molar-refractivity contribution < 1.29 is 23.8 Å². The van der Waals surface area contributed by atoms with Crippen LogP contribution < -0.4 is 10.6 Å². The molecule has 6 heterocycles. The van der Waals surface area contributed by atoms with E-state index in [-0.39, 0.29) is 24.7 Å². The summed E-state index contributed by atoms with van der Waals surface area (Å²) in [6.07, 6.45) is 0.186. The molecule has 340 valence electrons. The van der Waals surface area contributed by atoms with Gasteiger partial charge in [0.1, 0.15) is 33.7 Å². The fourth-order valence-electron chi connectivity index (χ4n) is 7.83. The van der Waals surface area contributed by atoms with Gasteiger partial charge in [-0.25, -0.2) is 0 Å². The first kappa shape index (κ1) is 46.4. The number of aryl methyl sites for hydroxylation is 4. The third-order valence-corrected chi connectivity index (χ3v) is 14.2. The molecule has 15 nitrogen and oxygen atoms in total. The summed E-state index contributed by atoms with van der Waals surface area (Å²) in [5.74, 6) is 2.38. The third-order valence-electron chi connectivity index (χ3n) is 11.4. The van der Waals surface area contributed by atoms with Crippen molar-refractivity contribution in [3.05, 3.63) is 125 Å². The van der Waals surface area contributed by atoms with Gasteiger partial charge in [-0.3, -0.25) is 28.7 Å². The molecule has 0 spiro atoms. The molecule has 4 aromatic heterocycles. The van der Waals surface area contributed by atoms with Gasteiger partial charge in [-0.15, -0.1) is 43.1 Å². The number of rotatable bonds is 18. The van der Waals surface area contributed by atoms with Crippen molar-refractivity contribution >= 4 is 69.1 Å². The summed E-state index contributed by atoms with van der Waals surface area (Å²) < 4.78 is 21.1. The number of fused-ring (bicyclic) bond motifs is 6. The summed E-state index contributed by atoms with van der Waals surface area (Å²) >= 11 is 15.8. The van der Waals surface area contributed by atoms with Gasteiger partial charge in [-0.05, 0) is 76.9 Å². The number of aliphatic imine (C=N–C) groups is 2. The smallest absolute Gasteiger partial charge is 0.222 e.